The molecule has 4 nitrogen and oxygen atoms in total. The first-order valence-corrected chi connectivity index (χ1v) is 5.87. The van der Waals surface area contributed by atoms with Gasteiger partial charge in [-0.05, 0) is 26.2 Å². The molecule has 2 heterocycles. The van der Waals surface area contributed by atoms with Crippen LogP contribution in [-0.4, -0.2) is 26.7 Å². The number of Topliss-reactive ketones (excluding diaryl/α,β-unsaturated/α-hetero) is 1. The Kier molecular flexibility index (Phi) is 3.11. The van der Waals surface area contributed by atoms with Crippen LogP contribution in [0.1, 0.15) is 31.9 Å². The number of carbonyl (C=O) groups excluding carboxylic acids is 1. The molecule has 0 N–H and O–H groups in total. The fraction of sp³-hybridized carbons (Fsp3) is 0.700. The van der Waals surface area contributed by atoms with E-state index in [4.69, 9.17) is 4.74 Å². The fourth-order valence-electron chi connectivity index (χ4n) is 1.77. The zero-order valence-corrected chi connectivity index (χ0v) is 9.55. The van der Waals surface area contributed by atoms with E-state index in [1.54, 1.807) is 6.20 Å². The number of hydrogen-bond donors (Lipinski definition) is 0. The first-order chi connectivity index (χ1) is 7.21. The summed E-state index contributed by atoms with van der Waals surface area (Å²) >= 11 is 1.13. The largest absolute Gasteiger partial charge is 0.367 e. The van der Waals surface area contributed by atoms with E-state index >= 15 is 0 Å². The van der Waals surface area contributed by atoms with Gasteiger partial charge in [-0.1, -0.05) is 0 Å². The molecule has 0 spiro atoms. The predicted molar refractivity (Wildman–Crippen MR) is 56.8 cm³/mol. The van der Waals surface area contributed by atoms with Gasteiger partial charge < -0.3 is 4.74 Å². The third kappa shape index (κ3) is 2.41. The average molecular weight is 226 g/mol. The van der Waals surface area contributed by atoms with Crippen molar-refractivity contribution in [2.24, 2.45) is 0 Å². The molecule has 1 atom stereocenters. The Morgan fingerprint density at radius 2 is 2.53 bits per heavy atom. The van der Waals surface area contributed by atoms with Gasteiger partial charge in [0.25, 0.3) is 0 Å². The number of hydrogen-bond acceptors (Lipinski definition) is 5. The smallest absolute Gasteiger partial charge is 0.170 e. The van der Waals surface area contributed by atoms with Gasteiger partial charge in [0, 0.05) is 6.61 Å². The maximum absolute atomic E-state index is 12.0. The van der Waals surface area contributed by atoms with Gasteiger partial charge >= 0.3 is 0 Å². The van der Waals surface area contributed by atoms with E-state index in [2.05, 4.69) is 8.75 Å². The van der Waals surface area contributed by atoms with Crippen LogP contribution in [0.4, 0.5) is 0 Å². The highest BCUT2D eigenvalue weighted by Crippen LogP contribution is 2.26. The summed E-state index contributed by atoms with van der Waals surface area (Å²) in [6.07, 6.45) is 4.93. The Morgan fingerprint density at radius 3 is 3.13 bits per heavy atom. The minimum Gasteiger partial charge on any atom is -0.367 e. The van der Waals surface area contributed by atoms with Gasteiger partial charge in [-0.15, -0.1) is 0 Å². The van der Waals surface area contributed by atoms with E-state index in [0.717, 1.165) is 36.7 Å². The van der Waals surface area contributed by atoms with Crippen molar-refractivity contribution in [3.05, 3.63) is 11.9 Å². The zero-order valence-electron chi connectivity index (χ0n) is 8.73. The molecule has 1 fully saturated rings. The second kappa shape index (κ2) is 4.37. The highest BCUT2D eigenvalue weighted by atomic mass is 32.1. The number of nitrogens with zero attached hydrogens (tertiary/aromatic N) is 2. The summed E-state index contributed by atoms with van der Waals surface area (Å²) in [5, 5.41) is 0. The maximum atomic E-state index is 12.0. The van der Waals surface area contributed by atoms with E-state index < -0.39 is 5.60 Å². The Bertz CT molecular complexity index is 331. The molecule has 2 rings (SSSR count). The first kappa shape index (κ1) is 10.7. The molecular formula is C10H14N2O2S. The standard InChI is InChI=1S/C10H14N2O2S/c1-10(4-2-3-5-14-10)9(13)6-8-7-11-15-12-8/h7H,2-6H2,1H3. The summed E-state index contributed by atoms with van der Waals surface area (Å²) in [5.41, 5.74) is 0.155. The maximum Gasteiger partial charge on any atom is 0.170 e. The Hall–Kier alpha value is -0.810. The molecule has 0 saturated carbocycles. The topological polar surface area (TPSA) is 52.1 Å². The molecule has 1 aromatic heterocycles. The molecule has 0 radical (unpaired) electrons. The molecule has 1 aromatic rings. The monoisotopic (exact) mass is 226 g/mol. The van der Waals surface area contributed by atoms with Gasteiger partial charge in [-0.25, -0.2) is 0 Å². The van der Waals surface area contributed by atoms with Gasteiger partial charge in [0.2, 0.25) is 0 Å². The van der Waals surface area contributed by atoms with Gasteiger partial charge in [0.1, 0.15) is 5.60 Å². The Labute approximate surface area is 93.0 Å². The molecule has 15 heavy (non-hydrogen) atoms. The van der Waals surface area contributed by atoms with Crippen LogP contribution < -0.4 is 0 Å². The van der Waals surface area contributed by atoms with Crippen molar-refractivity contribution in [3.63, 3.8) is 0 Å². The van der Waals surface area contributed by atoms with Gasteiger partial charge in [-0.2, -0.15) is 8.75 Å². The third-order valence-corrected chi connectivity index (χ3v) is 3.32. The molecule has 1 aliphatic heterocycles. The van der Waals surface area contributed by atoms with Gasteiger partial charge in [-0.3, -0.25) is 4.79 Å². The van der Waals surface area contributed by atoms with Crippen LogP contribution in [0.2, 0.25) is 0 Å². The number of aromatic nitrogens is 2. The van der Waals surface area contributed by atoms with Crippen LogP contribution in [0.3, 0.4) is 0 Å². The van der Waals surface area contributed by atoms with Crippen molar-refractivity contribution in [2.45, 2.75) is 38.2 Å². The minimum absolute atomic E-state index is 0.120. The molecule has 0 bridgehead atoms. The van der Waals surface area contributed by atoms with Crippen molar-refractivity contribution in [3.8, 4) is 0 Å². The van der Waals surface area contributed by atoms with Crippen LogP contribution in [0, 0.1) is 0 Å². The summed E-state index contributed by atoms with van der Waals surface area (Å²) in [4.78, 5) is 12.0. The lowest BCUT2D eigenvalue weighted by Crippen LogP contribution is -2.42. The second-order valence-electron chi connectivity index (χ2n) is 4.04. The zero-order chi connectivity index (χ0) is 10.7. The Balaban J connectivity index is 2.00. The molecule has 0 amide bonds. The van der Waals surface area contributed by atoms with Gasteiger partial charge in [0.05, 0.1) is 30.0 Å². The molecule has 5 heteroatoms. The van der Waals surface area contributed by atoms with E-state index in [-0.39, 0.29) is 5.78 Å². The third-order valence-electron chi connectivity index (χ3n) is 2.81. The Morgan fingerprint density at radius 1 is 1.67 bits per heavy atom. The van der Waals surface area contributed by atoms with E-state index in [0.29, 0.717) is 13.0 Å². The SMILES string of the molecule is CC1(C(=O)Cc2cnsn2)CCCCO1. The van der Waals surface area contributed by atoms with Gasteiger partial charge in [0.15, 0.2) is 5.78 Å². The number of carbonyl (C=O) groups is 1. The van der Waals surface area contributed by atoms with Crippen molar-refractivity contribution in [1.29, 1.82) is 0 Å². The molecule has 0 aromatic carbocycles. The molecule has 1 unspecified atom stereocenters. The van der Waals surface area contributed by atoms with Crippen LogP contribution in [0.15, 0.2) is 6.20 Å². The first-order valence-electron chi connectivity index (χ1n) is 5.14. The van der Waals surface area contributed by atoms with Crippen LogP contribution in [0.25, 0.3) is 0 Å². The van der Waals surface area contributed by atoms with Crippen molar-refractivity contribution < 1.29 is 9.53 Å². The summed E-state index contributed by atoms with van der Waals surface area (Å²) in [6, 6.07) is 0. The summed E-state index contributed by atoms with van der Waals surface area (Å²) in [5.74, 6) is 0.120. The molecule has 82 valence electrons. The summed E-state index contributed by atoms with van der Waals surface area (Å²) < 4.78 is 13.5. The highest BCUT2D eigenvalue weighted by Gasteiger charge is 2.35. The predicted octanol–water partition coefficient (Wildman–Crippen LogP) is 1.61. The van der Waals surface area contributed by atoms with Crippen LogP contribution in [-0.2, 0) is 16.0 Å². The lowest BCUT2D eigenvalue weighted by molar-refractivity contribution is -0.147. The highest BCUT2D eigenvalue weighted by molar-refractivity contribution is 6.99. The quantitative estimate of drug-likeness (QED) is 0.785. The average Bonchev–Trinajstić information content (AvgIpc) is 2.71. The van der Waals surface area contributed by atoms with Crippen molar-refractivity contribution >= 4 is 17.5 Å². The minimum atomic E-state index is -0.595. The number of ketones is 1. The van der Waals surface area contributed by atoms with Crippen LogP contribution in [0.5, 0.6) is 0 Å². The lowest BCUT2D eigenvalue weighted by atomic mass is 9.89. The normalized spacial score (nSPS) is 26.5. The van der Waals surface area contributed by atoms with E-state index in [1.165, 1.54) is 0 Å². The van der Waals surface area contributed by atoms with E-state index in [9.17, 15) is 4.79 Å². The fourth-order valence-corrected chi connectivity index (χ4v) is 2.20. The van der Waals surface area contributed by atoms with Crippen molar-refractivity contribution in [2.75, 3.05) is 6.61 Å². The molecule has 0 aliphatic carbocycles. The summed E-state index contributed by atoms with van der Waals surface area (Å²) in [6.45, 7) is 2.58. The summed E-state index contributed by atoms with van der Waals surface area (Å²) in [7, 11) is 0. The molecular weight excluding hydrogens is 212 g/mol. The van der Waals surface area contributed by atoms with E-state index in [1.807, 2.05) is 6.92 Å². The number of rotatable bonds is 3. The lowest BCUT2D eigenvalue weighted by Gasteiger charge is -2.32. The van der Waals surface area contributed by atoms with Crippen LogP contribution >= 0.6 is 11.7 Å². The number of ether oxygens (including phenoxy) is 1. The second-order valence-corrected chi connectivity index (χ2v) is 4.59. The molecule has 1 saturated heterocycles. The molecule has 1 aliphatic rings. The van der Waals surface area contributed by atoms with Crippen molar-refractivity contribution in [1.82, 2.24) is 8.75 Å².